The van der Waals surface area contributed by atoms with Gasteiger partial charge in [0.2, 0.25) is 0 Å². The Morgan fingerprint density at radius 2 is 2.22 bits per heavy atom. The highest BCUT2D eigenvalue weighted by atomic mass is 35.5. The van der Waals surface area contributed by atoms with Gasteiger partial charge in [0.15, 0.2) is 0 Å². The van der Waals surface area contributed by atoms with Gasteiger partial charge in [0.1, 0.15) is 12.7 Å². The second-order valence-electron chi connectivity index (χ2n) is 3.58. The summed E-state index contributed by atoms with van der Waals surface area (Å²) in [5.41, 5.74) is 1.14. The Morgan fingerprint density at radius 3 is 2.83 bits per heavy atom. The Kier molecular flexibility index (Phi) is 4.17. The Hall–Kier alpha value is -1.59. The molecule has 0 aliphatic carbocycles. The van der Waals surface area contributed by atoms with E-state index in [1.807, 2.05) is 0 Å². The molecule has 2 aromatic rings. The van der Waals surface area contributed by atoms with Gasteiger partial charge in [-0.15, -0.1) is 0 Å². The van der Waals surface area contributed by atoms with Gasteiger partial charge >= 0.3 is 0 Å². The van der Waals surface area contributed by atoms with Crippen LogP contribution in [0.5, 0.6) is 0 Å². The van der Waals surface area contributed by atoms with E-state index in [0.717, 1.165) is 0 Å². The topological polar surface area (TPSA) is 63.3 Å². The fourth-order valence-corrected chi connectivity index (χ4v) is 2.05. The molecule has 7 heteroatoms. The van der Waals surface area contributed by atoms with Gasteiger partial charge in [-0.2, -0.15) is 5.10 Å². The lowest BCUT2D eigenvalue weighted by Crippen LogP contribution is -2.08. The highest BCUT2D eigenvalue weighted by Crippen LogP contribution is 2.22. The smallest absolute Gasteiger partial charge is 0.137 e. The molecule has 18 heavy (non-hydrogen) atoms. The molecule has 1 heterocycles. The third kappa shape index (κ3) is 3.00. The summed E-state index contributed by atoms with van der Waals surface area (Å²) >= 11 is 11.9. The maximum Gasteiger partial charge on any atom is 0.137 e. The predicted molar refractivity (Wildman–Crippen MR) is 69.4 cm³/mol. The summed E-state index contributed by atoms with van der Waals surface area (Å²) in [6.45, 7) is 0.554. The van der Waals surface area contributed by atoms with Crippen LogP contribution in [0, 0.1) is 0 Å². The Labute approximate surface area is 114 Å². The molecule has 0 aliphatic heterocycles. The van der Waals surface area contributed by atoms with Gasteiger partial charge in [0.25, 0.3) is 0 Å². The molecule has 1 aromatic carbocycles. The van der Waals surface area contributed by atoms with Crippen molar-refractivity contribution in [2.75, 3.05) is 0 Å². The van der Waals surface area contributed by atoms with Crippen LogP contribution in [0.15, 0.2) is 36.0 Å². The maximum absolute atomic E-state index is 9.05. The lowest BCUT2D eigenvalue weighted by atomic mass is 10.1. The number of rotatable bonds is 4. The zero-order valence-electron chi connectivity index (χ0n) is 9.29. The van der Waals surface area contributed by atoms with E-state index in [1.165, 1.54) is 6.33 Å². The Morgan fingerprint density at radius 1 is 1.39 bits per heavy atom. The molecule has 0 bridgehead atoms. The minimum absolute atomic E-state index is 0.453. The van der Waals surface area contributed by atoms with Crippen molar-refractivity contribution in [1.29, 1.82) is 0 Å². The van der Waals surface area contributed by atoms with Crippen LogP contribution in [0.2, 0.25) is 10.0 Å². The molecule has 5 nitrogen and oxygen atoms in total. The number of oxime groups is 1. The minimum Gasteiger partial charge on any atom is -0.411 e. The molecule has 2 rings (SSSR count). The van der Waals surface area contributed by atoms with Gasteiger partial charge in [-0.1, -0.05) is 34.4 Å². The number of hydrogen-bond donors (Lipinski definition) is 1. The fourth-order valence-electron chi connectivity index (χ4n) is 1.53. The van der Waals surface area contributed by atoms with Crippen LogP contribution in [0.25, 0.3) is 0 Å². The Balaban J connectivity index is 2.14. The van der Waals surface area contributed by atoms with Gasteiger partial charge in [-0.05, 0) is 12.1 Å². The average molecular weight is 285 g/mol. The summed E-state index contributed by atoms with van der Waals surface area (Å²) in [5.74, 6) is 0. The first-order valence-electron chi connectivity index (χ1n) is 5.19. The van der Waals surface area contributed by atoms with Crippen molar-refractivity contribution in [3.8, 4) is 0 Å². The molecule has 1 aromatic heterocycles. The first-order chi connectivity index (χ1) is 8.70. The van der Waals surface area contributed by atoms with E-state index < -0.39 is 0 Å². The number of halogens is 2. The molecule has 0 atom stereocenters. The molecule has 1 N–H and O–H groups in total. The van der Waals surface area contributed by atoms with Crippen LogP contribution in [0.4, 0.5) is 0 Å². The number of aryl methyl sites for hydroxylation is 1. The predicted octanol–water partition coefficient (Wildman–Crippen LogP) is 2.85. The van der Waals surface area contributed by atoms with Gasteiger partial charge in [0.05, 0.1) is 10.7 Å². The SMILES string of the molecule is O/N=C(\CCn1cncn1)c1ccc(Cl)cc1Cl. The quantitative estimate of drug-likeness (QED) is 0.533. The van der Waals surface area contributed by atoms with Crippen LogP contribution >= 0.6 is 23.2 Å². The number of benzene rings is 1. The van der Waals surface area contributed by atoms with E-state index in [1.54, 1.807) is 29.2 Å². The van der Waals surface area contributed by atoms with Gasteiger partial charge in [-0.3, -0.25) is 4.68 Å². The number of hydrogen-bond acceptors (Lipinski definition) is 4. The van der Waals surface area contributed by atoms with Crippen molar-refractivity contribution in [3.63, 3.8) is 0 Å². The second-order valence-corrected chi connectivity index (χ2v) is 4.42. The van der Waals surface area contributed by atoms with Crippen LogP contribution in [0.1, 0.15) is 12.0 Å². The first-order valence-corrected chi connectivity index (χ1v) is 5.95. The molecule has 0 saturated heterocycles. The van der Waals surface area contributed by atoms with E-state index in [4.69, 9.17) is 28.4 Å². The van der Waals surface area contributed by atoms with Crippen molar-refractivity contribution in [3.05, 3.63) is 46.5 Å². The van der Waals surface area contributed by atoms with E-state index in [0.29, 0.717) is 34.3 Å². The van der Waals surface area contributed by atoms with Crippen molar-refractivity contribution in [2.24, 2.45) is 5.16 Å². The molecule has 0 unspecified atom stereocenters. The molecule has 0 aliphatic rings. The Bertz CT molecular complexity index is 554. The summed E-state index contributed by atoms with van der Waals surface area (Å²) in [6, 6.07) is 5.03. The molecule has 0 saturated carbocycles. The van der Waals surface area contributed by atoms with Crippen LogP contribution < -0.4 is 0 Å². The molecule has 94 valence electrons. The normalized spacial score (nSPS) is 11.8. The highest BCUT2D eigenvalue weighted by molar-refractivity contribution is 6.37. The third-order valence-corrected chi connectivity index (χ3v) is 2.95. The summed E-state index contributed by atoms with van der Waals surface area (Å²) in [4.78, 5) is 3.83. The van der Waals surface area contributed by atoms with E-state index in [9.17, 15) is 0 Å². The van der Waals surface area contributed by atoms with E-state index in [-0.39, 0.29) is 0 Å². The standard InChI is InChI=1S/C11H10Cl2N4O/c12-8-1-2-9(10(13)5-8)11(16-18)3-4-17-7-14-6-15-17/h1-2,5-7,18H,3-4H2/b16-11+. The second kappa shape index (κ2) is 5.84. The summed E-state index contributed by atoms with van der Waals surface area (Å²) < 4.78 is 1.65. The zero-order chi connectivity index (χ0) is 13.0. The van der Waals surface area contributed by atoms with Crippen LogP contribution in [-0.2, 0) is 6.54 Å². The minimum atomic E-state index is 0.453. The lowest BCUT2D eigenvalue weighted by molar-refractivity contribution is 0.317. The van der Waals surface area contributed by atoms with Crippen molar-refractivity contribution in [1.82, 2.24) is 14.8 Å². The molecule has 0 amide bonds. The van der Waals surface area contributed by atoms with Crippen molar-refractivity contribution in [2.45, 2.75) is 13.0 Å². The van der Waals surface area contributed by atoms with Gasteiger partial charge < -0.3 is 5.21 Å². The highest BCUT2D eigenvalue weighted by Gasteiger charge is 2.10. The fraction of sp³-hybridized carbons (Fsp3) is 0.182. The van der Waals surface area contributed by atoms with Crippen LogP contribution in [-0.4, -0.2) is 25.7 Å². The molecule has 0 radical (unpaired) electrons. The molecule has 0 fully saturated rings. The monoisotopic (exact) mass is 284 g/mol. The summed E-state index contributed by atoms with van der Waals surface area (Å²) in [7, 11) is 0. The van der Waals surface area contributed by atoms with Crippen molar-refractivity contribution < 1.29 is 5.21 Å². The largest absolute Gasteiger partial charge is 0.411 e. The lowest BCUT2D eigenvalue weighted by Gasteiger charge is -2.07. The van der Waals surface area contributed by atoms with Crippen LogP contribution in [0.3, 0.4) is 0 Å². The molecule has 0 spiro atoms. The number of nitrogens with zero attached hydrogens (tertiary/aromatic N) is 4. The van der Waals surface area contributed by atoms with E-state index in [2.05, 4.69) is 15.2 Å². The number of aromatic nitrogens is 3. The van der Waals surface area contributed by atoms with Gasteiger partial charge in [0, 0.05) is 23.6 Å². The first kappa shape index (κ1) is 12.9. The van der Waals surface area contributed by atoms with E-state index >= 15 is 0 Å². The molecular formula is C11H10Cl2N4O. The summed E-state index contributed by atoms with van der Waals surface area (Å²) in [5, 5.41) is 17.3. The van der Waals surface area contributed by atoms with Gasteiger partial charge in [-0.25, -0.2) is 4.98 Å². The van der Waals surface area contributed by atoms with Crippen molar-refractivity contribution >= 4 is 28.9 Å². The average Bonchev–Trinajstić information content (AvgIpc) is 2.85. The molecular weight excluding hydrogens is 275 g/mol. The maximum atomic E-state index is 9.05. The third-order valence-electron chi connectivity index (χ3n) is 2.41. The summed E-state index contributed by atoms with van der Waals surface area (Å²) in [6.07, 6.45) is 3.53. The zero-order valence-corrected chi connectivity index (χ0v) is 10.8.